The molecule has 19 heavy (non-hydrogen) atoms. The zero-order valence-corrected chi connectivity index (χ0v) is 11.8. The van der Waals surface area contributed by atoms with Crippen molar-refractivity contribution in [1.29, 1.82) is 0 Å². The molecule has 0 radical (unpaired) electrons. The van der Waals surface area contributed by atoms with E-state index in [-0.39, 0.29) is 17.5 Å². The molecular weight excluding hydrogens is 244 g/mol. The number of carbonyl (C=O) groups excluding carboxylic acids is 1. The summed E-state index contributed by atoms with van der Waals surface area (Å²) in [7, 11) is 0. The maximum absolute atomic E-state index is 11.6. The van der Waals surface area contributed by atoms with Crippen molar-refractivity contribution in [3.63, 3.8) is 0 Å². The molecule has 0 atom stereocenters. The number of hydrogen-bond donors (Lipinski definition) is 3. The number of carboxylic acid groups (broad SMARTS) is 1. The summed E-state index contributed by atoms with van der Waals surface area (Å²) in [5.41, 5.74) is -0.340. The van der Waals surface area contributed by atoms with Gasteiger partial charge in [-0.05, 0) is 57.8 Å². The van der Waals surface area contributed by atoms with Crippen molar-refractivity contribution in [3.05, 3.63) is 0 Å². The van der Waals surface area contributed by atoms with E-state index in [4.69, 9.17) is 0 Å². The Balaban J connectivity index is 1.87. The summed E-state index contributed by atoms with van der Waals surface area (Å²) in [6.07, 6.45) is 5.03. The van der Waals surface area contributed by atoms with Crippen LogP contribution < -0.4 is 10.6 Å². The predicted molar refractivity (Wildman–Crippen MR) is 71.9 cm³/mol. The molecule has 5 heteroatoms. The second-order valence-electron chi connectivity index (χ2n) is 6.57. The van der Waals surface area contributed by atoms with Crippen LogP contribution in [0.2, 0.25) is 0 Å². The Bertz CT molecular complexity index is 354. The molecule has 3 N–H and O–H groups in total. The quantitative estimate of drug-likeness (QED) is 0.730. The summed E-state index contributed by atoms with van der Waals surface area (Å²) in [4.78, 5) is 23.0. The molecule has 108 valence electrons. The predicted octanol–water partition coefficient (Wildman–Crippen LogP) is 2.12. The molecule has 2 bridgehead atoms. The molecule has 3 aliphatic carbocycles. The van der Waals surface area contributed by atoms with Gasteiger partial charge in [0.05, 0.1) is 5.41 Å². The molecule has 0 heterocycles. The number of rotatable bonds is 4. The first-order valence-electron chi connectivity index (χ1n) is 7.15. The van der Waals surface area contributed by atoms with Gasteiger partial charge >= 0.3 is 12.0 Å². The average Bonchev–Trinajstić information content (AvgIpc) is 2.38. The topological polar surface area (TPSA) is 78.4 Å². The normalized spacial score (nSPS) is 33.2. The Morgan fingerprint density at radius 2 is 1.63 bits per heavy atom. The fourth-order valence-electron chi connectivity index (χ4n) is 3.43. The van der Waals surface area contributed by atoms with Crippen molar-refractivity contribution in [2.24, 2.45) is 10.8 Å². The van der Waals surface area contributed by atoms with Crippen LogP contribution in [0.5, 0.6) is 0 Å². The van der Waals surface area contributed by atoms with Gasteiger partial charge < -0.3 is 15.7 Å². The van der Waals surface area contributed by atoms with Crippen LogP contribution in [-0.4, -0.2) is 29.7 Å². The Morgan fingerprint density at radius 1 is 1.11 bits per heavy atom. The lowest BCUT2D eigenvalue weighted by Gasteiger charge is -2.51. The third-order valence-corrected chi connectivity index (χ3v) is 4.90. The molecule has 2 amide bonds. The first-order valence-corrected chi connectivity index (χ1v) is 7.15. The number of nitrogens with one attached hydrogen (secondary N) is 2. The van der Waals surface area contributed by atoms with E-state index in [9.17, 15) is 14.7 Å². The summed E-state index contributed by atoms with van der Waals surface area (Å²) >= 11 is 0. The summed E-state index contributed by atoms with van der Waals surface area (Å²) in [5.74, 6) is -0.633. The highest BCUT2D eigenvalue weighted by atomic mass is 16.4. The fraction of sp³-hybridized carbons (Fsp3) is 0.857. The molecule has 3 fully saturated rings. The molecule has 0 unspecified atom stereocenters. The number of urea groups is 1. The Hall–Kier alpha value is -1.26. The van der Waals surface area contributed by atoms with Gasteiger partial charge in [-0.3, -0.25) is 4.79 Å². The third kappa shape index (κ3) is 2.85. The lowest BCUT2D eigenvalue weighted by Crippen LogP contribution is -2.51. The summed E-state index contributed by atoms with van der Waals surface area (Å²) in [6.45, 7) is 4.53. The van der Waals surface area contributed by atoms with Gasteiger partial charge in [-0.15, -0.1) is 0 Å². The van der Waals surface area contributed by atoms with Crippen LogP contribution in [0, 0.1) is 10.8 Å². The van der Waals surface area contributed by atoms with E-state index in [1.165, 1.54) is 0 Å². The van der Waals surface area contributed by atoms with Gasteiger partial charge in [0.2, 0.25) is 0 Å². The van der Waals surface area contributed by atoms with Crippen LogP contribution in [0.25, 0.3) is 0 Å². The second-order valence-corrected chi connectivity index (χ2v) is 6.57. The molecule has 0 saturated heterocycles. The van der Waals surface area contributed by atoms with E-state index < -0.39 is 11.4 Å². The van der Waals surface area contributed by atoms with E-state index in [1.54, 1.807) is 0 Å². The van der Waals surface area contributed by atoms with Crippen molar-refractivity contribution >= 4 is 12.0 Å². The van der Waals surface area contributed by atoms with E-state index in [2.05, 4.69) is 10.6 Å². The fourth-order valence-corrected chi connectivity index (χ4v) is 3.43. The van der Waals surface area contributed by atoms with Crippen LogP contribution in [0.15, 0.2) is 0 Å². The molecule has 0 aromatic heterocycles. The molecule has 3 saturated carbocycles. The number of hydrogen-bond acceptors (Lipinski definition) is 2. The van der Waals surface area contributed by atoms with Crippen molar-refractivity contribution in [3.8, 4) is 0 Å². The summed E-state index contributed by atoms with van der Waals surface area (Å²) in [5, 5.41) is 15.1. The Kier molecular flexibility index (Phi) is 3.74. The number of fused-ring (bicyclic) bond motifs is 3. The van der Waals surface area contributed by atoms with Crippen LogP contribution in [-0.2, 0) is 4.79 Å². The third-order valence-electron chi connectivity index (χ3n) is 4.90. The maximum atomic E-state index is 11.6. The molecule has 0 aliphatic heterocycles. The van der Waals surface area contributed by atoms with E-state index in [0.717, 1.165) is 38.5 Å². The molecule has 0 aromatic carbocycles. The summed E-state index contributed by atoms with van der Waals surface area (Å²) in [6, 6.07) is 0.0138. The Morgan fingerprint density at radius 3 is 2.05 bits per heavy atom. The lowest BCUT2D eigenvalue weighted by atomic mass is 9.53. The first-order chi connectivity index (χ1) is 8.88. The van der Waals surface area contributed by atoms with Gasteiger partial charge in [0, 0.05) is 12.6 Å². The zero-order valence-electron chi connectivity index (χ0n) is 11.8. The minimum Gasteiger partial charge on any atom is -0.481 e. The van der Waals surface area contributed by atoms with E-state index in [1.807, 2.05) is 13.8 Å². The smallest absolute Gasteiger partial charge is 0.315 e. The molecule has 3 rings (SSSR count). The monoisotopic (exact) mass is 268 g/mol. The van der Waals surface area contributed by atoms with Gasteiger partial charge in [-0.25, -0.2) is 4.79 Å². The van der Waals surface area contributed by atoms with Gasteiger partial charge in [-0.1, -0.05) is 0 Å². The maximum Gasteiger partial charge on any atom is 0.315 e. The van der Waals surface area contributed by atoms with Crippen LogP contribution in [0.1, 0.15) is 52.4 Å². The number of carbonyl (C=O) groups is 2. The van der Waals surface area contributed by atoms with E-state index in [0.29, 0.717) is 6.54 Å². The van der Waals surface area contributed by atoms with Crippen molar-refractivity contribution in [2.75, 3.05) is 6.54 Å². The van der Waals surface area contributed by atoms with Crippen molar-refractivity contribution < 1.29 is 14.7 Å². The molecular formula is C14H24N2O3. The molecule has 0 aromatic rings. The average molecular weight is 268 g/mol. The number of carboxylic acids is 1. The highest BCUT2D eigenvalue weighted by molar-refractivity contribution is 5.75. The van der Waals surface area contributed by atoms with Gasteiger partial charge in [0.25, 0.3) is 0 Å². The van der Waals surface area contributed by atoms with Crippen molar-refractivity contribution in [2.45, 2.75) is 58.4 Å². The van der Waals surface area contributed by atoms with Crippen LogP contribution in [0.4, 0.5) is 4.79 Å². The van der Waals surface area contributed by atoms with Crippen LogP contribution >= 0.6 is 0 Å². The largest absolute Gasteiger partial charge is 0.481 e. The minimum absolute atomic E-state index is 0.120. The SMILES string of the molecule is CC(C)NC(=O)NCC12CCC(C(=O)O)(CC1)CC2. The number of amides is 2. The molecule has 3 aliphatic rings. The zero-order chi connectivity index (χ0) is 14.1. The van der Waals surface area contributed by atoms with Crippen LogP contribution in [0.3, 0.4) is 0 Å². The van der Waals surface area contributed by atoms with Gasteiger partial charge in [0.15, 0.2) is 0 Å². The Labute approximate surface area is 114 Å². The molecule has 0 spiro atoms. The lowest BCUT2D eigenvalue weighted by molar-refractivity contribution is -0.158. The second kappa shape index (κ2) is 5.02. The van der Waals surface area contributed by atoms with Crippen molar-refractivity contribution in [1.82, 2.24) is 10.6 Å². The highest BCUT2D eigenvalue weighted by Crippen LogP contribution is 2.56. The van der Waals surface area contributed by atoms with E-state index >= 15 is 0 Å². The first kappa shape index (κ1) is 14.2. The molecule has 5 nitrogen and oxygen atoms in total. The minimum atomic E-state index is -0.633. The van der Waals surface area contributed by atoms with Gasteiger partial charge in [-0.2, -0.15) is 0 Å². The highest BCUT2D eigenvalue weighted by Gasteiger charge is 2.52. The summed E-state index contributed by atoms with van der Waals surface area (Å²) < 4.78 is 0. The van der Waals surface area contributed by atoms with Gasteiger partial charge in [0.1, 0.15) is 0 Å². The standard InChI is InChI=1S/C14H24N2O3/c1-10(2)16-12(19)15-9-13-3-6-14(7-4-13,8-5-13)11(17)18/h10H,3-9H2,1-2H3,(H,17,18)(H2,15,16,19). The number of aliphatic carboxylic acids is 1.